The average molecular weight is 1110 g/mol. The quantitative estimate of drug-likeness (QED) is 0.0964. The maximum atomic E-state index is 11.9. The van der Waals surface area contributed by atoms with Crippen LogP contribution < -0.4 is 10.6 Å². The van der Waals surface area contributed by atoms with Gasteiger partial charge in [-0.3, -0.25) is 14.6 Å². The number of hydrogen-bond donors (Lipinski definition) is 3. The van der Waals surface area contributed by atoms with Gasteiger partial charge in [0.1, 0.15) is 11.2 Å². The zero-order valence-corrected chi connectivity index (χ0v) is 45.7. The van der Waals surface area contributed by atoms with Crippen molar-refractivity contribution in [2.75, 3.05) is 78.5 Å². The second kappa shape index (κ2) is 35.7. The number of hydrogen-bond acceptors (Lipinski definition) is 15. The molecule has 0 spiro atoms. The molecular formula is C44H66Cl3F3N6O7S5. The Labute approximate surface area is 432 Å². The van der Waals surface area contributed by atoms with Crippen molar-refractivity contribution in [2.24, 2.45) is 0 Å². The van der Waals surface area contributed by atoms with Crippen LogP contribution in [0.2, 0.25) is 0 Å². The second-order valence-corrected chi connectivity index (χ2v) is 23.4. The molecule has 3 saturated heterocycles. The summed E-state index contributed by atoms with van der Waals surface area (Å²) in [5.74, 6) is 0.650. The van der Waals surface area contributed by atoms with Crippen LogP contribution in [-0.4, -0.2) is 143 Å². The molecule has 4 aromatic heterocycles. The van der Waals surface area contributed by atoms with Crippen LogP contribution in [-0.2, 0) is 49.1 Å². The fourth-order valence-corrected chi connectivity index (χ4v) is 8.38. The van der Waals surface area contributed by atoms with E-state index in [9.17, 15) is 22.8 Å². The molecule has 3 aliphatic rings. The smallest absolute Gasteiger partial charge is 0.444 e. The average Bonchev–Trinajstić information content (AvgIpc) is 4.15. The van der Waals surface area contributed by atoms with Gasteiger partial charge in [-0.1, -0.05) is 24.3 Å². The van der Waals surface area contributed by atoms with Crippen molar-refractivity contribution < 1.29 is 46.3 Å². The first kappa shape index (κ1) is 63.6. The SMILES string of the molecule is CC(C)(C)OC(=O)N1CCN(Cc2cccs2)CC1.CC(C)(C)OC(=O)N1CCNCC1.ClCc1cccs1.O=CC(F)(F)F.O=S(Cl)Cl.OCc1cccs1.c1csc(CN2CCNCC2)c1. The van der Waals surface area contributed by atoms with E-state index in [1.54, 1.807) is 43.8 Å². The van der Waals surface area contributed by atoms with E-state index in [0.29, 0.717) is 5.88 Å². The lowest BCUT2D eigenvalue weighted by Crippen LogP contribution is -2.49. The highest BCUT2D eigenvalue weighted by atomic mass is 36.0. The van der Waals surface area contributed by atoms with Crippen LogP contribution in [0.5, 0.6) is 0 Å². The van der Waals surface area contributed by atoms with Gasteiger partial charge in [-0.25, -0.2) is 13.8 Å². The lowest BCUT2D eigenvalue weighted by Gasteiger charge is -2.35. The lowest BCUT2D eigenvalue weighted by molar-refractivity contribution is -0.156. The highest BCUT2D eigenvalue weighted by molar-refractivity contribution is 8.26. The normalized spacial score (nSPS) is 15.3. The van der Waals surface area contributed by atoms with Crippen molar-refractivity contribution in [1.82, 2.24) is 30.2 Å². The summed E-state index contributed by atoms with van der Waals surface area (Å²) in [5.41, 5.74) is -0.798. The molecule has 7 heterocycles. The Balaban J connectivity index is 0.000000419. The summed E-state index contributed by atoms with van der Waals surface area (Å²) in [6.07, 6.45) is -6.09. The minimum absolute atomic E-state index is 0.178. The van der Waals surface area contributed by atoms with Gasteiger partial charge in [-0.15, -0.1) is 56.9 Å². The molecule has 2 amide bonds. The number of carbonyl (C=O) groups is 3. The third kappa shape index (κ3) is 34.8. The van der Waals surface area contributed by atoms with Crippen molar-refractivity contribution in [3.05, 3.63) is 89.6 Å². The van der Waals surface area contributed by atoms with E-state index >= 15 is 0 Å². The second-order valence-electron chi connectivity index (χ2n) is 16.4. The first-order chi connectivity index (χ1) is 32.0. The molecule has 4 aromatic rings. The number of alkyl halides is 4. The largest absolute Gasteiger partial charge is 0.446 e. The monoisotopic (exact) mass is 1110 g/mol. The van der Waals surface area contributed by atoms with Crippen molar-refractivity contribution in [3.8, 4) is 0 Å². The number of carbonyl (C=O) groups excluding carboxylic acids is 3. The van der Waals surface area contributed by atoms with E-state index in [1.165, 1.54) is 27.7 Å². The molecule has 13 nitrogen and oxygen atoms in total. The molecule has 0 aliphatic carbocycles. The van der Waals surface area contributed by atoms with Crippen molar-refractivity contribution >= 4 is 106 Å². The van der Waals surface area contributed by atoms with Crippen LogP contribution in [0.15, 0.2) is 70.1 Å². The summed E-state index contributed by atoms with van der Waals surface area (Å²) >= 11 is 12.4. The Hall–Kier alpha value is -2.38. The predicted molar refractivity (Wildman–Crippen MR) is 277 cm³/mol. The molecule has 24 heteroatoms. The maximum absolute atomic E-state index is 11.9. The van der Waals surface area contributed by atoms with E-state index < -0.39 is 27.3 Å². The van der Waals surface area contributed by atoms with Crippen LogP contribution in [0.1, 0.15) is 61.1 Å². The number of nitrogens with one attached hydrogen (secondary N) is 2. The van der Waals surface area contributed by atoms with Gasteiger partial charge in [-0.05, 0) is 87.3 Å². The minimum Gasteiger partial charge on any atom is -0.444 e. The van der Waals surface area contributed by atoms with Crippen LogP contribution in [0.3, 0.4) is 0 Å². The molecule has 0 saturated carbocycles. The van der Waals surface area contributed by atoms with Gasteiger partial charge in [0.05, 0.1) is 12.5 Å². The topological polar surface area (TPSA) is 144 Å². The number of nitrogens with zero attached hydrogens (tertiary/aromatic N) is 4. The fraction of sp³-hybridized carbons (Fsp3) is 0.568. The number of aliphatic hydroxyl groups is 1. The number of thiophene rings is 4. The zero-order chi connectivity index (χ0) is 51.0. The number of rotatable bonds is 6. The summed E-state index contributed by atoms with van der Waals surface area (Å²) in [6, 6.07) is 16.4. The number of ether oxygens (including phenoxy) is 2. The summed E-state index contributed by atoms with van der Waals surface area (Å²) in [7, 11) is 7.36. The van der Waals surface area contributed by atoms with E-state index in [1.807, 2.05) is 87.9 Å². The van der Waals surface area contributed by atoms with Gasteiger partial charge < -0.3 is 35.0 Å². The Morgan fingerprint density at radius 3 is 1.25 bits per heavy atom. The Kier molecular flexibility index (Phi) is 33.4. The van der Waals surface area contributed by atoms with Gasteiger partial charge in [0, 0.05) is 132 Å². The van der Waals surface area contributed by atoms with Crippen LogP contribution in [0, 0.1) is 0 Å². The van der Waals surface area contributed by atoms with Crippen molar-refractivity contribution in [1.29, 1.82) is 0 Å². The summed E-state index contributed by atoms with van der Waals surface area (Å²) in [5, 5.41) is 23.2. The van der Waals surface area contributed by atoms with Crippen molar-refractivity contribution in [2.45, 2.75) is 84.5 Å². The third-order valence-electron chi connectivity index (χ3n) is 8.50. The molecule has 0 bridgehead atoms. The third-order valence-corrected chi connectivity index (χ3v) is 12.4. The molecule has 0 atom stereocenters. The molecule has 0 aromatic carbocycles. The lowest BCUT2D eigenvalue weighted by atomic mass is 10.2. The molecule has 0 unspecified atom stereocenters. The van der Waals surface area contributed by atoms with Crippen molar-refractivity contribution in [3.63, 3.8) is 0 Å². The highest BCUT2D eigenvalue weighted by Crippen LogP contribution is 2.17. The number of aldehydes is 1. The number of piperazine rings is 3. The number of amides is 2. The maximum Gasteiger partial charge on any atom is 0.446 e. The van der Waals surface area contributed by atoms with Gasteiger partial charge in [0.2, 0.25) is 15.5 Å². The van der Waals surface area contributed by atoms with Gasteiger partial charge in [0.25, 0.3) is 0 Å². The highest BCUT2D eigenvalue weighted by Gasteiger charge is 2.27. The summed E-state index contributed by atoms with van der Waals surface area (Å²) in [4.78, 5) is 45.7. The summed E-state index contributed by atoms with van der Waals surface area (Å²) < 4.78 is 51.0. The Morgan fingerprint density at radius 1 is 0.647 bits per heavy atom. The molecule has 68 heavy (non-hydrogen) atoms. The standard InChI is InChI=1S/C14H22N2O2S.C9H18N2O2.C9H14N2S.C5H5ClS.C5H6OS.C2HF3O.Cl2OS/c1-14(2,3)18-13(17)16-8-6-15(7-9-16)11-12-5-4-10-19-12;1-9(2,3)13-8(12)11-6-4-10-5-7-11;1-2-9(12-7-1)8-11-5-3-10-4-6-11;2*6-4-5-2-1-3-7-5;3-2(4,5)1-6;1-4(2)3/h4-5,10H,6-9,11H2,1-3H3;10H,4-7H2,1-3H3;1-2,7,10H,3-6,8H2;1-3H,4H2;1-3,6H,4H2;1H;. The number of halogens is 6. The first-order valence-corrected chi connectivity index (χ1v) is 28.2. The van der Waals surface area contributed by atoms with E-state index in [2.05, 4.69) is 76.8 Å². The molecule has 3 aliphatic heterocycles. The van der Waals surface area contributed by atoms with Gasteiger partial charge >= 0.3 is 18.4 Å². The zero-order valence-electron chi connectivity index (χ0n) is 39.3. The molecule has 0 radical (unpaired) electrons. The van der Waals surface area contributed by atoms with Gasteiger partial charge in [-0.2, -0.15) is 13.2 Å². The van der Waals surface area contributed by atoms with Crippen LogP contribution in [0.4, 0.5) is 22.8 Å². The summed E-state index contributed by atoms with van der Waals surface area (Å²) in [6.45, 7) is 24.9. The van der Waals surface area contributed by atoms with E-state index in [0.717, 1.165) is 83.4 Å². The molecular weight excluding hydrogens is 1050 g/mol. The Bertz CT molecular complexity index is 1830. The fourth-order valence-electron chi connectivity index (χ4n) is 5.50. The number of aliphatic hydroxyl groups excluding tert-OH is 1. The van der Waals surface area contributed by atoms with E-state index in [4.69, 9.17) is 35.2 Å². The van der Waals surface area contributed by atoms with Crippen LogP contribution >= 0.6 is 78.3 Å². The molecule has 3 N–H and O–H groups in total. The minimum atomic E-state index is -4.64. The van der Waals surface area contributed by atoms with Gasteiger partial charge in [0.15, 0.2) is 0 Å². The predicted octanol–water partition coefficient (Wildman–Crippen LogP) is 10.3. The Morgan fingerprint density at radius 2 is 0.971 bits per heavy atom. The molecule has 7 rings (SSSR count). The molecule has 386 valence electrons. The molecule has 3 fully saturated rings. The van der Waals surface area contributed by atoms with Crippen LogP contribution in [0.25, 0.3) is 0 Å². The van der Waals surface area contributed by atoms with E-state index in [-0.39, 0.29) is 24.4 Å². The first-order valence-electron chi connectivity index (χ1n) is 21.4.